The summed E-state index contributed by atoms with van der Waals surface area (Å²) in [5.41, 5.74) is -0.783. The van der Waals surface area contributed by atoms with Crippen LogP contribution in [0.25, 0.3) is 0 Å². The van der Waals surface area contributed by atoms with Crippen molar-refractivity contribution >= 4 is 26.0 Å². The van der Waals surface area contributed by atoms with Crippen molar-refractivity contribution in [1.82, 2.24) is 0 Å². The van der Waals surface area contributed by atoms with Gasteiger partial charge in [-0.3, -0.25) is 4.18 Å². The fourth-order valence-electron chi connectivity index (χ4n) is 1.41. The van der Waals surface area contributed by atoms with Crippen LogP contribution in [-0.4, -0.2) is 27.4 Å². The molecule has 1 aromatic carbocycles. The normalized spacial score (nSPS) is 14.0. The van der Waals surface area contributed by atoms with Gasteiger partial charge in [-0.1, -0.05) is 0 Å². The minimum Gasteiger partial charge on any atom is -0.489 e. The van der Waals surface area contributed by atoms with Crippen molar-refractivity contribution in [1.29, 1.82) is 0 Å². The highest BCUT2D eigenvalue weighted by Gasteiger charge is 2.31. The molecule has 0 radical (unpaired) electrons. The van der Waals surface area contributed by atoms with E-state index in [1.807, 2.05) is 0 Å². The topological polar surface area (TPSA) is 52.6 Å². The Morgan fingerprint density at radius 1 is 1.33 bits per heavy atom. The first-order chi connectivity index (χ1) is 9.49. The van der Waals surface area contributed by atoms with E-state index >= 15 is 0 Å². The first-order valence-corrected chi connectivity index (χ1v) is 8.48. The summed E-state index contributed by atoms with van der Waals surface area (Å²) in [5, 5.41) is 0. The molecule has 0 fully saturated rings. The summed E-state index contributed by atoms with van der Waals surface area (Å²) >= 11 is 3.02. The molecule has 120 valence electrons. The van der Waals surface area contributed by atoms with Gasteiger partial charge in [-0.05, 0) is 41.1 Å². The van der Waals surface area contributed by atoms with Gasteiger partial charge >= 0.3 is 6.18 Å². The number of ether oxygens (including phenoxy) is 1. The predicted molar refractivity (Wildman–Crippen MR) is 74.6 cm³/mol. The zero-order chi connectivity index (χ0) is 16.3. The summed E-state index contributed by atoms with van der Waals surface area (Å²) in [7, 11) is -3.51. The lowest BCUT2D eigenvalue weighted by molar-refractivity contribution is -0.137. The van der Waals surface area contributed by atoms with Crippen molar-refractivity contribution in [3.8, 4) is 5.75 Å². The fourth-order valence-corrected chi connectivity index (χ4v) is 2.29. The number of alkyl halides is 3. The highest BCUT2D eigenvalue weighted by atomic mass is 79.9. The van der Waals surface area contributed by atoms with Gasteiger partial charge in [-0.15, -0.1) is 0 Å². The number of rotatable bonds is 6. The molecular formula is C12H14BrF3O4S. The molecule has 0 amide bonds. The molecule has 0 N–H and O–H groups in total. The first-order valence-electron chi connectivity index (χ1n) is 5.87. The van der Waals surface area contributed by atoms with Crippen LogP contribution in [0.15, 0.2) is 22.7 Å². The van der Waals surface area contributed by atoms with E-state index in [-0.39, 0.29) is 23.2 Å². The minimum absolute atomic E-state index is 0.0573. The van der Waals surface area contributed by atoms with Crippen LogP contribution in [-0.2, 0) is 20.5 Å². The molecule has 9 heteroatoms. The zero-order valence-electron chi connectivity index (χ0n) is 11.3. The molecule has 0 saturated carbocycles. The van der Waals surface area contributed by atoms with E-state index < -0.39 is 28.0 Å². The van der Waals surface area contributed by atoms with E-state index in [1.54, 1.807) is 6.92 Å². The van der Waals surface area contributed by atoms with Crippen molar-refractivity contribution in [2.45, 2.75) is 25.6 Å². The Labute approximate surface area is 129 Å². The van der Waals surface area contributed by atoms with Gasteiger partial charge in [0.2, 0.25) is 0 Å². The molecule has 0 spiro atoms. The number of halogens is 4. The third-order valence-corrected chi connectivity index (χ3v) is 3.62. The van der Waals surface area contributed by atoms with Gasteiger partial charge in [0.25, 0.3) is 10.1 Å². The van der Waals surface area contributed by atoms with Crippen LogP contribution in [0, 0.1) is 0 Å². The SMILES string of the molecule is C[C@@H](CCOS(C)(=O)=O)Oc1ccc(C(F)(F)F)cc1Br. The molecule has 0 aliphatic heterocycles. The van der Waals surface area contributed by atoms with Crippen LogP contribution in [0.4, 0.5) is 13.2 Å². The average molecular weight is 391 g/mol. The lowest BCUT2D eigenvalue weighted by atomic mass is 10.2. The van der Waals surface area contributed by atoms with Gasteiger partial charge in [0.1, 0.15) is 5.75 Å². The molecule has 1 rings (SSSR count). The average Bonchev–Trinajstić information content (AvgIpc) is 2.28. The Hall–Kier alpha value is -0.800. The van der Waals surface area contributed by atoms with Crippen LogP contribution in [0.2, 0.25) is 0 Å². The fraction of sp³-hybridized carbons (Fsp3) is 0.500. The maximum atomic E-state index is 12.5. The lowest BCUT2D eigenvalue weighted by Crippen LogP contribution is -2.16. The zero-order valence-corrected chi connectivity index (χ0v) is 13.7. The van der Waals surface area contributed by atoms with E-state index in [0.29, 0.717) is 0 Å². The second kappa shape index (κ2) is 6.97. The summed E-state index contributed by atoms with van der Waals surface area (Å²) in [4.78, 5) is 0. The molecule has 1 aromatic rings. The molecule has 0 aliphatic carbocycles. The molecule has 0 unspecified atom stereocenters. The monoisotopic (exact) mass is 390 g/mol. The Kier molecular flexibility index (Phi) is 6.06. The van der Waals surface area contributed by atoms with Crippen LogP contribution in [0.3, 0.4) is 0 Å². The molecule has 1 atom stereocenters. The molecule has 0 saturated heterocycles. The second-order valence-corrected chi connectivity index (χ2v) is 6.88. The molecular weight excluding hydrogens is 377 g/mol. The summed E-state index contributed by atoms with van der Waals surface area (Å²) in [6, 6.07) is 3.05. The molecule has 0 bridgehead atoms. The standard InChI is InChI=1S/C12H14BrF3O4S/c1-8(5-6-19-21(2,17)18)20-11-4-3-9(7-10(11)13)12(14,15)16/h3-4,7-8H,5-6H2,1-2H3/t8-/m0/s1. The number of hydrogen-bond acceptors (Lipinski definition) is 4. The van der Waals surface area contributed by atoms with Crippen molar-refractivity contribution in [3.63, 3.8) is 0 Å². The Morgan fingerprint density at radius 2 is 1.95 bits per heavy atom. The van der Waals surface area contributed by atoms with Gasteiger partial charge < -0.3 is 4.74 Å². The molecule has 0 heterocycles. The Morgan fingerprint density at radius 3 is 2.43 bits per heavy atom. The van der Waals surface area contributed by atoms with E-state index in [1.165, 1.54) is 6.07 Å². The molecule has 0 aromatic heterocycles. The number of hydrogen-bond donors (Lipinski definition) is 0. The van der Waals surface area contributed by atoms with Crippen LogP contribution >= 0.6 is 15.9 Å². The van der Waals surface area contributed by atoms with Crippen LogP contribution in [0.5, 0.6) is 5.75 Å². The lowest BCUT2D eigenvalue weighted by Gasteiger charge is -2.16. The van der Waals surface area contributed by atoms with Crippen molar-refractivity contribution in [3.05, 3.63) is 28.2 Å². The Bertz CT molecular complexity index is 587. The smallest absolute Gasteiger partial charge is 0.416 e. The first kappa shape index (κ1) is 18.2. The van der Waals surface area contributed by atoms with Gasteiger partial charge in [0.05, 0.1) is 29.0 Å². The van der Waals surface area contributed by atoms with Gasteiger partial charge in [-0.2, -0.15) is 21.6 Å². The highest BCUT2D eigenvalue weighted by molar-refractivity contribution is 9.10. The summed E-state index contributed by atoms with van der Waals surface area (Å²) in [6.07, 6.45) is -3.62. The van der Waals surface area contributed by atoms with Crippen molar-refractivity contribution in [2.24, 2.45) is 0 Å². The van der Waals surface area contributed by atoms with E-state index in [2.05, 4.69) is 20.1 Å². The third kappa shape index (κ3) is 6.66. The summed E-state index contributed by atoms with van der Waals surface area (Å²) in [5.74, 6) is 0.245. The Balaban J connectivity index is 2.63. The van der Waals surface area contributed by atoms with E-state index in [4.69, 9.17) is 4.74 Å². The van der Waals surface area contributed by atoms with Gasteiger partial charge in [0, 0.05) is 6.42 Å². The van der Waals surface area contributed by atoms with Crippen molar-refractivity contribution < 1.29 is 30.5 Å². The van der Waals surface area contributed by atoms with Crippen LogP contribution < -0.4 is 4.74 Å². The summed E-state index contributed by atoms with van der Waals surface area (Å²) in [6.45, 7) is 1.61. The predicted octanol–water partition coefficient (Wildman–Crippen LogP) is 3.60. The second-order valence-electron chi connectivity index (χ2n) is 4.39. The maximum Gasteiger partial charge on any atom is 0.416 e. The summed E-state index contributed by atoms with van der Waals surface area (Å²) < 4.78 is 69.3. The van der Waals surface area contributed by atoms with Gasteiger partial charge in [-0.25, -0.2) is 0 Å². The molecule has 4 nitrogen and oxygen atoms in total. The number of benzene rings is 1. The molecule has 21 heavy (non-hydrogen) atoms. The van der Waals surface area contributed by atoms with E-state index in [0.717, 1.165) is 18.4 Å². The third-order valence-electron chi connectivity index (χ3n) is 2.41. The minimum atomic E-state index is -4.42. The van der Waals surface area contributed by atoms with Gasteiger partial charge in [0.15, 0.2) is 0 Å². The van der Waals surface area contributed by atoms with E-state index in [9.17, 15) is 21.6 Å². The largest absolute Gasteiger partial charge is 0.489 e. The van der Waals surface area contributed by atoms with Crippen molar-refractivity contribution in [2.75, 3.05) is 12.9 Å². The quantitative estimate of drug-likeness (QED) is 0.696. The maximum absolute atomic E-state index is 12.5. The highest BCUT2D eigenvalue weighted by Crippen LogP contribution is 2.35. The molecule has 0 aliphatic rings. The van der Waals surface area contributed by atoms with Crippen LogP contribution in [0.1, 0.15) is 18.9 Å².